The van der Waals surface area contributed by atoms with E-state index in [4.69, 9.17) is 0 Å². The number of halogens is 16. The number of hydrogen-bond acceptors (Lipinski definition) is 1. The summed E-state index contributed by atoms with van der Waals surface area (Å²) in [6.07, 6.45) is -28.6. The highest BCUT2D eigenvalue weighted by Gasteiger charge is 2.83. The molecule has 146 valence electrons. The minimum Gasteiger partial charge on any atom is -0.229 e. The summed E-state index contributed by atoms with van der Waals surface area (Å²) in [5.74, 6) is 0. The lowest BCUT2D eigenvalue weighted by molar-refractivity contribution is -0.489. The standard InChI is InChI=1S/C7HF16N/c8-1(2(9,10)11)3(12,13)24(6(20,21)4(14,15)16)7(22,23)5(17,18)19/h1H. The summed E-state index contributed by atoms with van der Waals surface area (Å²) in [4.78, 5) is -4.49. The molecular formula is C7HF16N. The van der Waals surface area contributed by atoms with E-state index in [2.05, 4.69) is 0 Å². The molecule has 0 saturated heterocycles. The maximum atomic E-state index is 12.9. The van der Waals surface area contributed by atoms with Gasteiger partial charge in [-0.25, -0.2) is 4.39 Å². The molecule has 0 rings (SSSR count). The van der Waals surface area contributed by atoms with Gasteiger partial charge in [-0.05, 0) is 0 Å². The molecule has 0 aliphatic carbocycles. The summed E-state index contributed by atoms with van der Waals surface area (Å²) < 4.78 is 195. The normalized spacial score (nSPS) is 17.4. The van der Waals surface area contributed by atoms with Gasteiger partial charge in [0.05, 0.1) is 0 Å². The molecule has 1 nitrogen and oxygen atoms in total. The molecule has 17 heteroatoms. The van der Waals surface area contributed by atoms with Crippen LogP contribution in [0, 0.1) is 0 Å². The van der Waals surface area contributed by atoms with Crippen molar-refractivity contribution in [3.8, 4) is 0 Å². The van der Waals surface area contributed by atoms with Gasteiger partial charge in [-0.15, -0.1) is 4.90 Å². The van der Waals surface area contributed by atoms with Crippen LogP contribution in [0.1, 0.15) is 0 Å². The molecule has 0 fully saturated rings. The summed E-state index contributed by atoms with van der Waals surface area (Å²) >= 11 is 0. The summed E-state index contributed by atoms with van der Waals surface area (Å²) in [5, 5.41) is 0. The van der Waals surface area contributed by atoms with Gasteiger partial charge in [0.15, 0.2) is 0 Å². The van der Waals surface area contributed by atoms with Crippen molar-refractivity contribution in [2.75, 3.05) is 0 Å². The Balaban J connectivity index is 6.61. The number of alkyl halides is 16. The van der Waals surface area contributed by atoms with Crippen LogP contribution < -0.4 is 0 Å². The van der Waals surface area contributed by atoms with Crippen LogP contribution >= 0.6 is 0 Å². The van der Waals surface area contributed by atoms with E-state index in [1.165, 1.54) is 0 Å². The quantitative estimate of drug-likeness (QED) is 0.467. The number of rotatable bonds is 4. The van der Waals surface area contributed by atoms with Gasteiger partial charge in [0.2, 0.25) is 0 Å². The van der Waals surface area contributed by atoms with Crippen molar-refractivity contribution in [2.45, 2.75) is 42.8 Å². The minimum absolute atomic E-state index is 4.49. The number of hydrogen-bond donors (Lipinski definition) is 0. The fraction of sp³-hybridized carbons (Fsp3) is 1.00. The molecular weight excluding hydrogens is 402 g/mol. The fourth-order valence-electron chi connectivity index (χ4n) is 1.11. The van der Waals surface area contributed by atoms with Gasteiger partial charge >= 0.3 is 36.7 Å². The second-order valence-corrected chi connectivity index (χ2v) is 3.91. The zero-order valence-corrected chi connectivity index (χ0v) is 10.1. The number of nitrogens with zero attached hydrogens (tertiary/aromatic N) is 1. The van der Waals surface area contributed by atoms with E-state index in [1.54, 1.807) is 0 Å². The van der Waals surface area contributed by atoms with Crippen molar-refractivity contribution >= 4 is 0 Å². The van der Waals surface area contributed by atoms with Crippen molar-refractivity contribution in [1.29, 1.82) is 0 Å². The molecule has 0 aromatic carbocycles. The predicted molar refractivity (Wildman–Crippen MR) is 39.7 cm³/mol. The fourth-order valence-corrected chi connectivity index (χ4v) is 1.11. The Morgan fingerprint density at radius 1 is 0.500 bits per heavy atom. The largest absolute Gasteiger partial charge is 0.469 e. The van der Waals surface area contributed by atoms with Crippen LogP contribution in [0.4, 0.5) is 70.2 Å². The van der Waals surface area contributed by atoms with Gasteiger partial charge in [0.25, 0.3) is 6.17 Å². The van der Waals surface area contributed by atoms with Crippen LogP contribution in [-0.2, 0) is 0 Å². The van der Waals surface area contributed by atoms with Gasteiger partial charge in [0, 0.05) is 0 Å². The van der Waals surface area contributed by atoms with E-state index >= 15 is 0 Å². The van der Waals surface area contributed by atoms with Gasteiger partial charge in [-0.3, -0.25) is 0 Å². The van der Waals surface area contributed by atoms with E-state index in [9.17, 15) is 70.2 Å². The van der Waals surface area contributed by atoms with Crippen molar-refractivity contribution in [2.24, 2.45) is 0 Å². The third-order valence-electron chi connectivity index (χ3n) is 2.13. The minimum atomic E-state index is -7.90. The average molecular weight is 403 g/mol. The van der Waals surface area contributed by atoms with Gasteiger partial charge in [-0.2, -0.15) is 65.9 Å². The first-order valence-electron chi connectivity index (χ1n) is 4.80. The molecule has 24 heavy (non-hydrogen) atoms. The Morgan fingerprint density at radius 3 is 0.917 bits per heavy atom. The molecule has 0 aliphatic rings. The molecule has 0 aromatic rings. The van der Waals surface area contributed by atoms with E-state index in [1.807, 2.05) is 0 Å². The van der Waals surface area contributed by atoms with Crippen LogP contribution in [0.3, 0.4) is 0 Å². The van der Waals surface area contributed by atoms with E-state index in [0.717, 1.165) is 0 Å². The first-order valence-corrected chi connectivity index (χ1v) is 4.80. The highest BCUT2D eigenvalue weighted by molar-refractivity contribution is 4.96. The molecule has 0 bridgehead atoms. The molecule has 0 amide bonds. The van der Waals surface area contributed by atoms with Crippen LogP contribution in [0.2, 0.25) is 0 Å². The third kappa shape index (κ3) is 3.74. The lowest BCUT2D eigenvalue weighted by Crippen LogP contribution is -2.72. The molecule has 0 spiro atoms. The second kappa shape index (κ2) is 5.69. The van der Waals surface area contributed by atoms with Crippen LogP contribution in [0.15, 0.2) is 0 Å². The van der Waals surface area contributed by atoms with E-state index in [-0.39, 0.29) is 0 Å². The molecule has 0 radical (unpaired) electrons. The van der Waals surface area contributed by atoms with Crippen molar-refractivity contribution < 1.29 is 70.2 Å². The summed E-state index contributed by atoms with van der Waals surface area (Å²) in [5.41, 5.74) is 0. The second-order valence-electron chi connectivity index (χ2n) is 3.91. The van der Waals surface area contributed by atoms with Crippen molar-refractivity contribution in [3.05, 3.63) is 0 Å². The zero-order chi connectivity index (χ0) is 20.2. The Labute approximate surface area is 119 Å². The lowest BCUT2D eigenvalue weighted by Gasteiger charge is -2.42. The van der Waals surface area contributed by atoms with Gasteiger partial charge in [0.1, 0.15) is 0 Å². The van der Waals surface area contributed by atoms with Gasteiger partial charge in [-0.1, -0.05) is 0 Å². The maximum absolute atomic E-state index is 12.9. The SMILES string of the molecule is FC(C(F)(F)F)C(F)(F)N(C(F)(F)C(F)(F)F)C(F)(F)C(F)(F)F. The first-order chi connectivity index (χ1) is 10.0. The molecule has 0 N–H and O–H groups in total. The predicted octanol–water partition coefficient (Wildman–Crippen LogP) is 5.09. The highest BCUT2D eigenvalue weighted by atomic mass is 19.4. The monoisotopic (exact) mass is 403 g/mol. The van der Waals surface area contributed by atoms with Crippen molar-refractivity contribution in [1.82, 2.24) is 4.90 Å². The summed E-state index contributed by atoms with van der Waals surface area (Å²) in [7, 11) is 0. The van der Waals surface area contributed by atoms with E-state index < -0.39 is 47.7 Å². The maximum Gasteiger partial charge on any atom is 0.469 e. The zero-order valence-electron chi connectivity index (χ0n) is 10.1. The van der Waals surface area contributed by atoms with Crippen LogP contribution in [0.25, 0.3) is 0 Å². The Hall–Kier alpha value is -1.16. The molecule has 0 heterocycles. The Bertz CT molecular complexity index is 413. The Kier molecular flexibility index (Phi) is 5.41. The Morgan fingerprint density at radius 2 is 0.750 bits per heavy atom. The molecule has 1 unspecified atom stereocenters. The molecule has 0 aliphatic heterocycles. The molecule has 1 atom stereocenters. The summed E-state index contributed by atoms with van der Waals surface area (Å²) in [6, 6.07) is -23.5. The first kappa shape index (κ1) is 22.8. The van der Waals surface area contributed by atoms with Crippen LogP contribution in [-0.4, -0.2) is 47.7 Å². The van der Waals surface area contributed by atoms with Crippen molar-refractivity contribution in [3.63, 3.8) is 0 Å². The smallest absolute Gasteiger partial charge is 0.229 e. The summed E-state index contributed by atoms with van der Waals surface area (Å²) in [6.45, 7) is 0. The van der Waals surface area contributed by atoms with E-state index in [0.29, 0.717) is 0 Å². The third-order valence-corrected chi connectivity index (χ3v) is 2.13. The highest BCUT2D eigenvalue weighted by Crippen LogP contribution is 2.55. The average Bonchev–Trinajstić information content (AvgIpc) is 2.21. The van der Waals surface area contributed by atoms with Gasteiger partial charge < -0.3 is 0 Å². The molecule has 0 saturated carbocycles. The lowest BCUT2D eigenvalue weighted by atomic mass is 10.2. The van der Waals surface area contributed by atoms with Crippen LogP contribution in [0.5, 0.6) is 0 Å². The molecule has 0 aromatic heterocycles. The topological polar surface area (TPSA) is 3.24 Å².